The number of nitrogens with one attached hydrogen (secondary N) is 2. The van der Waals surface area contributed by atoms with Crippen molar-refractivity contribution in [2.75, 3.05) is 13.1 Å². The molecule has 1 aromatic heterocycles. The highest BCUT2D eigenvalue weighted by Crippen LogP contribution is 2.25. The molecule has 4 rings (SSSR count). The highest BCUT2D eigenvalue weighted by Gasteiger charge is 2.33. The Morgan fingerprint density at radius 3 is 2.68 bits per heavy atom. The molecule has 2 aromatic carbocycles. The fraction of sp³-hybridized carbons (Fsp3) is 0.273. The molecule has 0 bridgehead atoms. The number of aromatic nitrogens is 1. The van der Waals surface area contributed by atoms with Gasteiger partial charge in [-0.25, -0.2) is 12.8 Å². The molecule has 1 atom stereocenters. The first-order valence-corrected chi connectivity index (χ1v) is 11.4. The topological polar surface area (TPSA) is 99.3 Å². The number of fused-ring (bicyclic) bond motifs is 1. The number of aromatic amines is 1. The maximum absolute atomic E-state index is 13.2. The van der Waals surface area contributed by atoms with E-state index in [9.17, 15) is 22.4 Å². The molecule has 0 aliphatic carbocycles. The van der Waals surface area contributed by atoms with Gasteiger partial charge in [-0.05, 0) is 60.2 Å². The van der Waals surface area contributed by atoms with Crippen molar-refractivity contribution in [2.45, 2.75) is 24.3 Å². The van der Waals surface area contributed by atoms with Crippen molar-refractivity contribution in [3.05, 3.63) is 76.3 Å². The first kappa shape index (κ1) is 21.2. The number of pyridine rings is 1. The molecule has 2 N–H and O–H groups in total. The summed E-state index contributed by atoms with van der Waals surface area (Å²) in [5.41, 5.74) is 1.07. The van der Waals surface area contributed by atoms with Gasteiger partial charge in [0.25, 0.3) is 0 Å². The number of halogens is 1. The first-order valence-electron chi connectivity index (χ1n) is 9.98. The lowest BCUT2D eigenvalue weighted by Gasteiger charge is -2.31. The van der Waals surface area contributed by atoms with Gasteiger partial charge < -0.3 is 10.3 Å². The van der Waals surface area contributed by atoms with Crippen LogP contribution in [0.2, 0.25) is 0 Å². The first-order chi connectivity index (χ1) is 14.8. The molecule has 2 heterocycles. The van der Waals surface area contributed by atoms with Crippen molar-refractivity contribution < 1.29 is 17.6 Å². The molecule has 1 saturated heterocycles. The molecule has 0 saturated carbocycles. The summed E-state index contributed by atoms with van der Waals surface area (Å²) < 4.78 is 40.7. The summed E-state index contributed by atoms with van der Waals surface area (Å²) in [5, 5.41) is 3.43. The number of hydrogen-bond donors (Lipinski definition) is 2. The zero-order valence-corrected chi connectivity index (χ0v) is 17.5. The molecule has 9 heteroatoms. The normalized spacial score (nSPS) is 17.5. The average molecular weight is 444 g/mol. The van der Waals surface area contributed by atoms with Crippen molar-refractivity contribution >= 4 is 26.8 Å². The summed E-state index contributed by atoms with van der Waals surface area (Å²) in [7, 11) is -3.78. The lowest BCUT2D eigenvalue weighted by molar-refractivity contribution is -0.126. The maximum atomic E-state index is 13.2. The lowest BCUT2D eigenvalue weighted by Crippen LogP contribution is -2.45. The van der Waals surface area contributed by atoms with Crippen molar-refractivity contribution in [1.82, 2.24) is 14.6 Å². The molecule has 7 nitrogen and oxygen atoms in total. The van der Waals surface area contributed by atoms with E-state index in [0.29, 0.717) is 30.3 Å². The fourth-order valence-corrected chi connectivity index (χ4v) is 5.31. The third kappa shape index (κ3) is 4.67. The summed E-state index contributed by atoms with van der Waals surface area (Å²) in [6, 6.07) is 13.3. The lowest BCUT2D eigenvalue weighted by atomic mass is 9.99. The van der Waals surface area contributed by atoms with Crippen molar-refractivity contribution in [3.8, 4) is 0 Å². The summed E-state index contributed by atoms with van der Waals surface area (Å²) in [5.74, 6) is -1.02. The van der Waals surface area contributed by atoms with Gasteiger partial charge in [0.15, 0.2) is 0 Å². The number of carbonyl (C=O) groups is 1. The number of H-pyrrole nitrogens is 1. The van der Waals surface area contributed by atoms with Crippen LogP contribution in [0.15, 0.2) is 64.3 Å². The second kappa shape index (κ2) is 8.60. The van der Waals surface area contributed by atoms with E-state index < -0.39 is 15.9 Å². The molecule has 3 aromatic rings. The zero-order valence-electron chi connectivity index (χ0n) is 16.7. The number of rotatable bonds is 5. The molecule has 1 aliphatic heterocycles. The standard InChI is InChI=1S/C22H22FN3O4S/c23-18-6-3-15(4-7-18)13-24-22(28)17-2-1-11-26(14-17)31(29,30)19-8-9-20-16(12-19)5-10-21(27)25-20/h3-10,12,17H,1-2,11,13-14H2,(H,24,28)(H,25,27)/t17-/m0/s1. The van der Waals surface area contributed by atoms with Gasteiger partial charge in [-0.2, -0.15) is 4.31 Å². The van der Waals surface area contributed by atoms with E-state index in [1.807, 2.05) is 0 Å². The Labute approximate surface area is 178 Å². The minimum absolute atomic E-state index is 0.0985. The van der Waals surface area contributed by atoms with Gasteiger partial charge in [0, 0.05) is 31.2 Å². The Morgan fingerprint density at radius 1 is 1.13 bits per heavy atom. The van der Waals surface area contributed by atoms with Gasteiger partial charge in [0.2, 0.25) is 21.5 Å². The quantitative estimate of drug-likeness (QED) is 0.633. The molecule has 31 heavy (non-hydrogen) atoms. The van der Waals surface area contributed by atoms with Gasteiger partial charge in [-0.1, -0.05) is 12.1 Å². The van der Waals surface area contributed by atoms with Crippen LogP contribution in [0.3, 0.4) is 0 Å². The number of benzene rings is 2. The van der Waals surface area contributed by atoms with Crippen LogP contribution >= 0.6 is 0 Å². The molecule has 1 amide bonds. The predicted octanol–water partition coefficient (Wildman–Crippen LogP) is 2.38. The molecule has 162 valence electrons. The molecule has 0 unspecified atom stereocenters. The summed E-state index contributed by atoms with van der Waals surface area (Å²) in [6.07, 6.45) is 1.18. The van der Waals surface area contributed by atoms with Crippen LogP contribution < -0.4 is 10.9 Å². The Bertz CT molecular complexity index is 1270. The van der Waals surface area contributed by atoms with Gasteiger partial charge >= 0.3 is 0 Å². The number of hydrogen-bond acceptors (Lipinski definition) is 4. The second-order valence-corrected chi connectivity index (χ2v) is 9.56. The number of nitrogens with zero attached hydrogens (tertiary/aromatic N) is 1. The number of carbonyl (C=O) groups excluding carboxylic acids is 1. The van der Waals surface area contributed by atoms with Crippen LogP contribution in [0.4, 0.5) is 4.39 Å². The van der Waals surface area contributed by atoms with Gasteiger partial charge in [0.05, 0.1) is 10.8 Å². The average Bonchev–Trinajstić information content (AvgIpc) is 2.78. The van der Waals surface area contributed by atoms with Crippen molar-refractivity contribution in [1.29, 1.82) is 0 Å². The van der Waals surface area contributed by atoms with E-state index >= 15 is 0 Å². The van der Waals surface area contributed by atoms with E-state index in [1.165, 1.54) is 34.6 Å². The van der Waals surface area contributed by atoms with E-state index in [1.54, 1.807) is 24.3 Å². The van der Waals surface area contributed by atoms with Crippen LogP contribution in [0.25, 0.3) is 10.9 Å². The van der Waals surface area contributed by atoms with Crippen LogP contribution in [0, 0.1) is 11.7 Å². The highest BCUT2D eigenvalue weighted by atomic mass is 32.2. The van der Waals surface area contributed by atoms with E-state index in [0.717, 1.165) is 5.56 Å². The number of sulfonamides is 1. The van der Waals surface area contributed by atoms with Crippen molar-refractivity contribution in [3.63, 3.8) is 0 Å². The number of amides is 1. The second-order valence-electron chi connectivity index (χ2n) is 7.62. The minimum Gasteiger partial charge on any atom is -0.352 e. The van der Waals surface area contributed by atoms with E-state index in [2.05, 4.69) is 10.3 Å². The summed E-state index contributed by atoms with van der Waals surface area (Å²) >= 11 is 0. The van der Waals surface area contributed by atoms with E-state index in [-0.39, 0.29) is 35.3 Å². The Morgan fingerprint density at radius 2 is 1.90 bits per heavy atom. The van der Waals surface area contributed by atoms with Gasteiger partial charge in [-0.15, -0.1) is 0 Å². The third-order valence-electron chi connectivity index (χ3n) is 5.47. The SMILES string of the molecule is O=C(NCc1ccc(F)cc1)[C@H]1CCCN(S(=O)(=O)c2ccc3[nH]c(=O)ccc3c2)C1. The monoisotopic (exact) mass is 443 g/mol. The van der Waals surface area contributed by atoms with E-state index in [4.69, 9.17) is 0 Å². The molecule has 1 aliphatic rings. The van der Waals surface area contributed by atoms with Crippen LogP contribution in [-0.4, -0.2) is 36.7 Å². The smallest absolute Gasteiger partial charge is 0.248 e. The molecule has 0 radical (unpaired) electrons. The Balaban J connectivity index is 1.46. The zero-order chi connectivity index (χ0) is 22.0. The Hall–Kier alpha value is -3.04. The van der Waals surface area contributed by atoms with Crippen LogP contribution in [-0.2, 0) is 21.4 Å². The molecule has 0 spiro atoms. The number of piperidine rings is 1. The van der Waals surface area contributed by atoms with Crippen LogP contribution in [0.1, 0.15) is 18.4 Å². The molecular weight excluding hydrogens is 421 g/mol. The van der Waals surface area contributed by atoms with Crippen LogP contribution in [0.5, 0.6) is 0 Å². The fourth-order valence-electron chi connectivity index (χ4n) is 3.75. The molecule has 1 fully saturated rings. The molecular formula is C22H22FN3O4S. The van der Waals surface area contributed by atoms with Gasteiger partial charge in [0.1, 0.15) is 5.82 Å². The summed E-state index contributed by atoms with van der Waals surface area (Å²) in [6.45, 7) is 0.695. The summed E-state index contributed by atoms with van der Waals surface area (Å²) in [4.78, 5) is 26.8. The maximum Gasteiger partial charge on any atom is 0.248 e. The Kier molecular flexibility index (Phi) is 5.88. The minimum atomic E-state index is -3.78. The van der Waals surface area contributed by atoms with Crippen molar-refractivity contribution in [2.24, 2.45) is 5.92 Å². The third-order valence-corrected chi connectivity index (χ3v) is 7.33. The van der Waals surface area contributed by atoms with Gasteiger partial charge in [-0.3, -0.25) is 9.59 Å². The largest absolute Gasteiger partial charge is 0.352 e. The highest BCUT2D eigenvalue weighted by molar-refractivity contribution is 7.89. The predicted molar refractivity (Wildman–Crippen MR) is 114 cm³/mol.